The van der Waals surface area contributed by atoms with E-state index < -0.39 is 0 Å². The molecule has 0 aromatic carbocycles. The molecule has 0 amide bonds. The average molecular weight is 249 g/mol. The predicted octanol–water partition coefficient (Wildman–Crippen LogP) is 2.31. The van der Waals surface area contributed by atoms with Gasteiger partial charge in [-0.25, -0.2) is 4.52 Å². The molecule has 3 rings (SSSR count). The van der Waals surface area contributed by atoms with Gasteiger partial charge in [0.15, 0.2) is 0 Å². The van der Waals surface area contributed by atoms with Gasteiger partial charge in [0.05, 0.1) is 28.7 Å². The largest absolute Gasteiger partial charge is 0.388 e. The normalized spacial score (nSPS) is 10.3. The van der Waals surface area contributed by atoms with Crippen LogP contribution in [0.2, 0.25) is 0 Å². The Balaban J connectivity index is 2.17. The van der Waals surface area contributed by atoms with Gasteiger partial charge in [0.1, 0.15) is 6.07 Å². The summed E-state index contributed by atoms with van der Waals surface area (Å²) in [6, 6.07) is 11.6. The molecule has 0 bridgehead atoms. The first-order valence-electron chi connectivity index (χ1n) is 5.84. The second kappa shape index (κ2) is 4.42. The molecule has 19 heavy (non-hydrogen) atoms. The van der Waals surface area contributed by atoms with Crippen LogP contribution in [0.1, 0.15) is 5.56 Å². The van der Waals surface area contributed by atoms with Crippen molar-refractivity contribution in [2.75, 3.05) is 12.4 Å². The van der Waals surface area contributed by atoms with Crippen molar-refractivity contribution in [1.29, 1.82) is 5.26 Å². The molecule has 5 nitrogen and oxygen atoms in total. The van der Waals surface area contributed by atoms with Gasteiger partial charge in [-0.1, -0.05) is 0 Å². The Morgan fingerprint density at radius 2 is 2.16 bits per heavy atom. The zero-order valence-electron chi connectivity index (χ0n) is 10.3. The Labute approximate surface area is 110 Å². The molecule has 92 valence electrons. The number of hydrogen-bond acceptors (Lipinski definition) is 4. The molecule has 0 fully saturated rings. The summed E-state index contributed by atoms with van der Waals surface area (Å²) in [5.74, 6) is 0. The van der Waals surface area contributed by atoms with Gasteiger partial charge < -0.3 is 5.32 Å². The summed E-state index contributed by atoms with van der Waals surface area (Å²) >= 11 is 0. The molecule has 0 saturated heterocycles. The SMILES string of the molecule is CNc1ccnc(-c2ccc3cc(C#N)cnn23)c1. The molecule has 0 atom stereocenters. The quantitative estimate of drug-likeness (QED) is 0.756. The minimum atomic E-state index is 0.550. The molecule has 1 N–H and O–H groups in total. The molecule has 3 heterocycles. The number of nitrogens with zero attached hydrogens (tertiary/aromatic N) is 4. The number of rotatable bonds is 2. The zero-order valence-corrected chi connectivity index (χ0v) is 10.3. The minimum Gasteiger partial charge on any atom is -0.388 e. The van der Waals surface area contributed by atoms with Gasteiger partial charge in [-0.15, -0.1) is 0 Å². The summed E-state index contributed by atoms with van der Waals surface area (Å²) < 4.78 is 1.78. The fourth-order valence-corrected chi connectivity index (χ4v) is 1.98. The van der Waals surface area contributed by atoms with Gasteiger partial charge in [-0.2, -0.15) is 10.4 Å². The van der Waals surface area contributed by atoms with Crippen LogP contribution in [-0.2, 0) is 0 Å². The summed E-state index contributed by atoms with van der Waals surface area (Å²) in [5.41, 5.74) is 4.16. The molecular formula is C14H11N5. The Morgan fingerprint density at radius 3 is 2.95 bits per heavy atom. The van der Waals surface area contributed by atoms with Crippen molar-refractivity contribution in [2.24, 2.45) is 0 Å². The van der Waals surface area contributed by atoms with Crippen LogP contribution in [0.4, 0.5) is 5.69 Å². The lowest BCUT2D eigenvalue weighted by Gasteiger charge is -2.04. The summed E-state index contributed by atoms with van der Waals surface area (Å²) in [5, 5.41) is 16.2. The summed E-state index contributed by atoms with van der Waals surface area (Å²) in [6.45, 7) is 0. The van der Waals surface area contributed by atoms with Gasteiger partial charge >= 0.3 is 0 Å². The first kappa shape index (κ1) is 11.2. The van der Waals surface area contributed by atoms with Crippen LogP contribution in [-0.4, -0.2) is 21.6 Å². The minimum absolute atomic E-state index is 0.550. The van der Waals surface area contributed by atoms with E-state index >= 15 is 0 Å². The number of nitrogens with one attached hydrogen (secondary N) is 1. The van der Waals surface area contributed by atoms with E-state index in [-0.39, 0.29) is 0 Å². The van der Waals surface area contributed by atoms with E-state index in [9.17, 15) is 0 Å². The molecule has 0 unspecified atom stereocenters. The lowest BCUT2D eigenvalue weighted by atomic mass is 10.2. The number of fused-ring (bicyclic) bond motifs is 1. The third-order valence-electron chi connectivity index (χ3n) is 2.94. The van der Waals surface area contributed by atoms with Crippen molar-refractivity contribution in [3.8, 4) is 17.5 Å². The zero-order chi connectivity index (χ0) is 13.2. The van der Waals surface area contributed by atoms with Gasteiger partial charge in [0.2, 0.25) is 0 Å². The highest BCUT2D eigenvalue weighted by molar-refractivity contribution is 5.67. The van der Waals surface area contributed by atoms with Gasteiger partial charge in [-0.05, 0) is 30.3 Å². The Hall–Kier alpha value is -2.87. The summed E-state index contributed by atoms with van der Waals surface area (Å²) in [7, 11) is 1.87. The molecule has 0 saturated carbocycles. The smallest absolute Gasteiger partial charge is 0.101 e. The molecule has 5 heteroatoms. The maximum atomic E-state index is 8.87. The molecular weight excluding hydrogens is 238 g/mol. The highest BCUT2D eigenvalue weighted by Crippen LogP contribution is 2.22. The topological polar surface area (TPSA) is 66.0 Å². The van der Waals surface area contributed by atoms with Crippen molar-refractivity contribution < 1.29 is 0 Å². The monoisotopic (exact) mass is 249 g/mol. The van der Waals surface area contributed by atoms with Crippen molar-refractivity contribution in [2.45, 2.75) is 0 Å². The highest BCUT2D eigenvalue weighted by Gasteiger charge is 2.08. The van der Waals surface area contributed by atoms with Crippen LogP contribution in [0, 0.1) is 11.3 Å². The Kier molecular flexibility index (Phi) is 2.62. The van der Waals surface area contributed by atoms with Crippen molar-refractivity contribution in [3.05, 3.63) is 48.3 Å². The van der Waals surface area contributed by atoms with E-state index in [2.05, 4.69) is 21.5 Å². The average Bonchev–Trinajstić information content (AvgIpc) is 2.90. The lowest BCUT2D eigenvalue weighted by Crippen LogP contribution is -1.96. The molecule has 0 aliphatic carbocycles. The lowest BCUT2D eigenvalue weighted by molar-refractivity contribution is 0.939. The van der Waals surface area contributed by atoms with Gasteiger partial charge in [0, 0.05) is 18.9 Å². The number of aromatic nitrogens is 3. The van der Waals surface area contributed by atoms with E-state index in [1.54, 1.807) is 23.0 Å². The highest BCUT2D eigenvalue weighted by atomic mass is 15.2. The van der Waals surface area contributed by atoms with E-state index in [4.69, 9.17) is 5.26 Å². The number of pyridine rings is 1. The summed E-state index contributed by atoms with van der Waals surface area (Å²) in [4.78, 5) is 4.36. The predicted molar refractivity (Wildman–Crippen MR) is 72.7 cm³/mol. The molecule has 0 radical (unpaired) electrons. The molecule has 0 spiro atoms. The third-order valence-corrected chi connectivity index (χ3v) is 2.94. The first-order valence-corrected chi connectivity index (χ1v) is 5.84. The maximum Gasteiger partial charge on any atom is 0.101 e. The second-order valence-electron chi connectivity index (χ2n) is 4.09. The van der Waals surface area contributed by atoms with Crippen LogP contribution in [0.3, 0.4) is 0 Å². The van der Waals surface area contributed by atoms with Crippen LogP contribution >= 0.6 is 0 Å². The van der Waals surface area contributed by atoms with Crippen LogP contribution < -0.4 is 5.32 Å². The van der Waals surface area contributed by atoms with E-state index in [1.807, 2.05) is 31.3 Å². The van der Waals surface area contributed by atoms with E-state index in [0.29, 0.717) is 5.56 Å². The van der Waals surface area contributed by atoms with E-state index in [1.165, 1.54) is 0 Å². The molecule has 0 aliphatic rings. The van der Waals surface area contributed by atoms with Crippen LogP contribution in [0.15, 0.2) is 42.7 Å². The summed E-state index contributed by atoms with van der Waals surface area (Å²) in [6.07, 6.45) is 3.31. The van der Waals surface area contributed by atoms with Crippen LogP contribution in [0.25, 0.3) is 16.9 Å². The Morgan fingerprint density at radius 1 is 1.26 bits per heavy atom. The van der Waals surface area contributed by atoms with Crippen molar-refractivity contribution in [3.63, 3.8) is 0 Å². The van der Waals surface area contributed by atoms with Gasteiger partial charge in [0.25, 0.3) is 0 Å². The van der Waals surface area contributed by atoms with Crippen molar-refractivity contribution >= 4 is 11.2 Å². The first-order chi connectivity index (χ1) is 9.31. The van der Waals surface area contributed by atoms with Crippen LogP contribution in [0.5, 0.6) is 0 Å². The molecule has 3 aromatic heterocycles. The van der Waals surface area contributed by atoms with Gasteiger partial charge in [-0.3, -0.25) is 4.98 Å². The fraction of sp³-hybridized carbons (Fsp3) is 0.0714. The fourth-order valence-electron chi connectivity index (χ4n) is 1.98. The van der Waals surface area contributed by atoms with E-state index in [0.717, 1.165) is 22.6 Å². The number of hydrogen-bond donors (Lipinski definition) is 1. The number of nitriles is 1. The standard InChI is InChI=1S/C14H11N5/c1-16-11-4-5-17-13(7-11)14-3-2-12-6-10(8-15)9-18-19(12)14/h2-7,9H,1H3,(H,16,17). The number of anilines is 1. The molecule has 0 aliphatic heterocycles. The second-order valence-corrected chi connectivity index (χ2v) is 4.09. The molecule has 3 aromatic rings. The van der Waals surface area contributed by atoms with Crippen molar-refractivity contribution in [1.82, 2.24) is 14.6 Å². The third kappa shape index (κ3) is 1.89. The maximum absolute atomic E-state index is 8.87. The Bertz CT molecular complexity index is 782.